The predicted molar refractivity (Wildman–Crippen MR) is 121 cm³/mol. The highest BCUT2D eigenvalue weighted by atomic mass is 16.6. The van der Waals surface area contributed by atoms with Gasteiger partial charge in [0.1, 0.15) is 23.4 Å². The summed E-state index contributed by atoms with van der Waals surface area (Å²) in [4.78, 5) is 16.1. The second kappa shape index (κ2) is 8.84. The van der Waals surface area contributed by atoms with Gasteiger partial charge in [-0.25, -0.2) is 4.79 Å². The minimum atomic E-state index is -0.417. The van der Waals surface area contributed by atoms with Crippen molar-refractivity contribution in [2.75, 3.05) is 13.7 Å². The van der Waals surface area contributed by atoms with E-state index in [0.29, 0.717) is 13.0 Å². The Morgan fingerprint density at radius 1 is 1.41 bits per heavy atom. The van der Waals surface area contributed by atoms with Crippen molar-refractivity contribution in [2.24, 2.45) is 11.8 Å². The van der Waals surface area contributed by atoms with Crippen molar-refractivity contribution in [2.45, 2.75) is 89.4 Å². The standard InChI is InChI=1S/C25H38N2O5/c1-15(2)9-10-19-24(5,32-19)22-21(29-6)18(11-12-25(22)14-30-25)31-23(28)27-20(16(3)4)17-8-7-13-26-17/h7-9,13,16,18-22,26H,10-12,14H2,1-6H3,(H,27,28)/t18-,19-,20+,21-,22-,24+,25+/m1/s1. The lowest BCUT2D eigenvalue weighted by molar-refractivity contribution is -0.118. The molecule has 1 amide bonds. The van der Waals surface area contributed by atoms with E-state index in [0.717, 1.165) is 18.5 Å². The first-order valence-corrected chi connectivity index (χ1v) is 11.8. The zero-order chi connectivity index (χ0) is 23.1. The van der Waals surface area contributed by atoms with Gasteiger partial charge in [0.05, 0.1) is 24.7 Å². The maximum absolute atomic E-state index is 12.9. The molecule has 1 aliphatic carbocycles. The Kier molecular flexibility index (Phi) is 6.45. The number of hydrogen-bond donors (Lipinski definition) is 2. The van der Waals surface area contributed by atoms with Crippen molar-refractivity contribution in [3.8, 4) is 0 Å². The average molecular weight is 447 g/mol. The van der Waals surface area contributed by atoms with Crippen LogP contribution in [-0.4, -0.2) is 54.3 Å². The van der Waals surface area contributed by atoms with E-state index in [1.165, 1.54) is 5.57 Å². The molecule has 3 heterocycles. The van der Waals surface area contributed by atoms with Crippen LogP contribution in [0.15, 0.2) is 30.0 Å². The molecule has 7 nitrogen and oxygen atoms in total. The Balaban J connectivity index is 1.46. The zero-order valence-corrected chi connectivity index (χ0v) is 20.1. The smallest absolute Gasteiger partial charge is 0.408 e. The quantitative estimate of drug-likeness (QED) is 0.453. The summed E-state index contributed by atoms with van der Waals surface area (Å²) in [6.07, 6.45) is 5.60. The van der Waals surface area contributed by atoms with E-state index in [9.17, 15) is 4.79 Å². The molecule has 1 saturated carbocycles. The average Bonchev–Trinajstić information content (AvgIpc) is 3.57. The van der Waals surface area contributed by atoms with Crippen LogP contribution in [0.5, 0.6) is 0 Å². The molecule has 0 aromatic carbocycles. The van der Waals surface area contributed by atoms with Crippen LogP contribution in [0.1, 0.15) is 65.6 Å². The molecule has 1 spiro atoms. The van der Waals surface area contributed by atoms with E-state index in [4.69, 9.17) is 18.9 Å². The lowest BCUT2D eigenvalue weighted by atomic mass is 9.68. The van der Waals surface area contributed by atoms with Crippen LogP contribution >= 0.6 is 0 Å². The first kappa shape index (κ1) is 23.3. The molecule has 1 aromatic heterocycles. The van der Waals surface area contributed by atoms with Crippen LogP contribution in [0.25, 0.3) is 0 Å². The van der Waals surface area contributed by atoms with Crippen LogP contribution in [0.3, 0.4) is 0 Å². The summed E-state index contributed by atoms with van der Waals surface area (Å²) in [5.41, 5.74) is 1.68. The fourth-order valence-corrected chi connectivity index (χ4v) is 5.51. The summed E-state index contributed by atoms with van der Waals surface area (Å²) >= 11 is 0. The van der Waals surface area contributed by atoms with E-state index in [-0.39, 0.29) is 47.4 Å². The fraction of sp³-hybridized carbons (Fsp3) is 0.720. The first-order chi connectivity index (χ1) is 15.2. The summed E-state index contributed by atoms with van der Waals surface area (Å²) in [6, 6.07) is 3.77. The maximum atomic E-state index is 12.9. The number of aromatic amines is 1. The topological polar surface area (TPSA) is 88.4 Å². The molecule has 178 valence electrons. The Morgan fingerprint density at radius 2 is 2.16 bits per heavy atom. The molecule has 7 heteroatoms. The summed E-state index contributed by atoms with van der Waals surface area (Å²) in [6.45, 7) is 11.2. The van der Waals surface area contributed by atoms with E-state index < -0.39 is 6.09 Å². The highest BCUT2D eigenvalue weighted by Gasteiger charge is 2.72. The van der Waals surface area contributed by atoms with Gasteiger partial charge < -0.3 is 29.2 Å². The van der Waals surface area contributed by atoms with E-state index >= 15 is 0 Å². The van der Waals surface area contributed by atoms with Gasteiger partial charge in [0.2, 0.25) is 0 Å². The van der Waals surface area contributed by atoms with Crippen LogP contribution in [0.2, 0.25) is 0 Å². The number of nitrogens with one attached hydrogen (secondary N) is 2. The third-order valence-electron chi connectivity index (χ3n) is 7.39. The largest absolute Gasteiger partial charge is 0.443 e. The molecule has 2 saturated heterocycles. The lowest BCUT2D eigenvalue weighted by Crippen LogP contribution is -2.56. The molecular weight excluding hydrogens is 408 g/mol. The van der Waals surface area contributed by atoms with Gasteiger partial charge in [-0.1, -0.05) is 25.5 Å². The molecule has 2 aliphatic heterocycles. The number of methoxy groups -OCH3 is 1. The number of rotatable bonds is 8. The molecule has 1 aromatic rings. The molecule has 3 fully saturated rings. The van der Waals surface area contributed by atoms with Crippen LogP contribution in [-0.2, 0) is 18.9 Å². The molecule has 4 rings (SSSR count). The molecule has 0 unspecified atom stereocenters. The maximum Gasteiger partial charge on any atom is 0.408 e. The minimum absolute atomic E-state index is 0.0198. The number of hydrogen-bond acceptors (Lipinski definition) is 5. The SMILES string of the molecule is CO[C@@H]1[C@H](OC(=O)N[C@H](c2ccc[nH]2)C(C)C)CC[C@]2(CO2)[C@H]1[C@@]1(C)O[C@@H]1CC=C(C)C. The number of H-pyrrole nitrogens is 1. The number of carbonyl (C=O) groups excluding carboxylic acids is 1. The highest BCUT2D eigenvalue weighted by Crippen LogP contribution is 2.59. The fourth-order valence-electron chi connectivity index (χ4n) is 5.51. The number of ether oxygens (including phenoxy) is 4. The second-order valence-electron chi connectivity index (χ2n) is 10.3. The Bertz CT molecular complexity index is 827. The third kappa shape index (κ3) is 4.47. The normalized spacial score (nSPS) is 36.6. The van der Waals surface area contributed by atoms with Crippen molar-refractivity contribution < 1.29 is 23.7 Å². The van der Waals surface area contributed by atoms with Gasteiger partial charge in [-0.15, -0.1) is 0 Å². The first-order valence-electron chi connectivity index (χ1n) is 11.8. The van der Waals surface area contributed by atoms with Gasteiger partial charge in [-0.3, -0.25) is 0 Å². The summed E-state index contributed by atoms with van der Waals surface area (Å²) in [5, 5.41) is 3.04. The van der Waals surface area contributed by atoms with E-state index in [1.807, 2.05) is 18.3 Å². The van der Waals surface area contributed by atoms with Gasteiger partial charge in [-0.2, -0.15) is 0 Å². The van der Waals surface area contributed by atoms with Crippen molar-refractivity contribution in [1.29, 1.82) is 0 Å². The van der Waals surface area contributed by atoms with Gasteiger partial charge in [0.15, 0.2) is 0 Å². The number of allylic oxidation sites excluding steroid dienone is 1. The predicted octanol–water partition coefficient (Wildman–Crippen LogP) is 4.51. The van der Waals surface area contributed by atoms with Gasteiger partial charge in [-0.05, 0) is 58.1 Å². The monoisotopic (exact) mass is 446 g/mol. The van der Waals surface area contributed by atoms with Crippen molar-refractivity contribution >= 4 is 6.09 Å². The van der Waals surface area contributed by atoms with Gasteiger partial charge in [0.25, 0.3) is 0 Å². The van der Waals surface area contributed by atoms with Crippen LogP contribution in [0, 0.1) is 11.8 Å². The number of epoxide rings is 2. The third-order valence-corrected chi connectivity index (χ3v) is 7.39. The second-order valence-corrected chi connectivity index (χ2v) is 10.3. The Morgan fingerprint density at radius 3 is 2.72 bits per heavy atom. The minimum Gasteiger partial charge on any atom is -0.443 e. The molecule has 32 heavy (non-hydrogen) atoms. The van der Waals surface area contributed by atoms with Crippen molar-refractivity contribution in [3.63, 3.8) is 0 Å². The van der Waals surface area contributed by atoms with Crippen LogP contribution < -0.4 is 5.32 Å². The molecule has 0 bridgehead atoms. The highest BCUT2D eigenvalue weighted by molar-refractivity contribution is 5.68. The zero-order valence-electron chi connectivity index (χ0n) is 20.1. The Hall–Kier alpha value is -1.83. The molecule has 0 radical (unpaired) electrons. The summed E-state index contributed by atoms with van der Waals surface area (Å²) < 4.78 is 24.2. The van der Waals surface area contributed by atoms with E-state index in [2.05, 4.69) is 51.0 Å². The summed E-state index contributed by atoms with van der Waals surface area (Å²) in [5.74, 6) is 0.239. The number of amides is 1. The van der Waals surface area contributed by atoms with Gasteiger partial charge in [0, 0.05) is 19.0 Å². The molecular formula is C25H38N2O5. The number of alkyl carbamates (subject to hydrolysis) is 1. The Labute approximate surface area is 191 Å². The molecule has 7 atom stereocenters. The number of carbonyl (C=O) groups is 1. The van der Waals surface area contributed by atoms with Crippen molar-refractivity contribution in [3.05, 3.63) is 35.7 Å². The summed E-state index contributed by atoms with van der Waals surface area (Å²) in [7, 11) is 1.69. The lowest BCUT2D eigenvalue weighted by Gasteiger charge is -2.42. The van der Waals surface area contributed by atoms with Gasteiger partial charge >= 0.3 is 6.09 Å². The molecule has 3 aliphatic rings. The molecule has 2 N–H and O–H groups in total. The van der Waals surface area contributed by atoms with Crippen molar-refractivity contribution in [1.82, 2.24) is 10.3 Å². The van der Waals surface area contributed by atoms with Crippen LogP contribution in [0.4, 0.5) is 4.79 Å². The van der Waals surface area contributed by atoms with E-state index in [1.54, 1.807) is 7.11 Å². The number of aromatic nitrogens is 1.